The Labute approximate surface area is 95.1 Å². The van der Waals surface area contributed by atoms with E-state index in [4.69, 9.17) is 4.74 Å². The Balaban J connectivity index is 2.02. The lowest BCUT2D eigenvalue weighted by Gasteiger charge is -2.14. The monoisotopic (exact) mass is 217 g/mol. The van der Waals surface area contributed by atoms with Gasteiger partial charge in [0.2, 0.25) is 5.91 Å². The van der Waals surface area contributed by atoms with Crippen molar-refractivity contribution in [2.24, 2.45) is 0 Å². The van der Waals surface area contributed by atoms with Crippen LogP contribution in [-0.2, 0) is 11.2 Å². The molecule has 3 heteroatoms. The average molecular weight is 217 g/mol. The third kappa shape index (κ3) is 2.42. The largest absolute Gasteiger partial charge is 0.491 e. The zero-order chi connectivity index (χ0) is 11.4. The van der Waals surface area contributed by atoms with Crippen molar-refractivity contribution in [3.05, 3.63) is 42.5 Å². The van der Waals surface area contributed by atoms with Crippen LogP contribution < -0.4 is 10.1 Å². The highest BCUT2D eigenvalue weighted by Gasteiger charge is 2.17. The minimum Gasteiger partial charge on any atom is -0.491 e. The first-order chi connectivity index (χ1) is 7.79. The van der Waals surface area contributed by atoms with Gasteiger partial charge in [0.15, 0.2) is 0 Å². The molecule has 16 heavy (non-hydrogen) atoms. The summed E-state index contributed by atoms with van der Waals surface area (Å²) in [6, 6.07) is 8.06. The summed E-state index contributed by atoms with van der Waals surface area (Å²) in [7, 11) is 0. The molecule has 3 nitrogen and oxygen atoms in total. The number of ether oxygens (including phenoxy) is 1. The summed E-state index contributed by atoms with van der Waals surface area (Å²) in [5.41, 5.74) is 1.21. The molecule has 0 saturated carbocycles. The van der Waals surface area contributed by atoms with Crippen molar-refractivity contribution in [3.8, 4) is 5.75 Å². The smallest absolute Gasteiger partial charge is 0.243 e. The van der Waals surface area contributed by atoms with E-state index < -0.39 is 0 Å². The molecule has 2 rings (SSSR count). The molecule has 1 aromatic rings. The molecule has 1 atom stereocenters. The lowest BCUT2D eigenvalue weighted by Crippen LogP contribution is -2.37. The molecule has 1 amide bonds. The number of benzene rings is 1. The van der Waals surface area contributed by atoms with Crippen LogP contribution in [0.25, 0.3) is 0 Å². The zero-order valence-corrected chi connectivity index (χ0v) is 9.11. The molecule has 1 aromatic carbocycles. The average Bonchev–Trinajstić information content (AvgIpc) is 2.52. The molecule has 1 unspecified atom stereocenters. The van der Waals surface area contributed by atoms with Gasteiger partial charge in [-0.25, -0.2) is 0 Å². The SMILES string of the molecule is C=CC(=O)NC1CCc2ccccc2OC1. The fraction of sp³-hybridized carbons (Fsp3) is 0.308. The van der Waals surface area contributed by atoms with E-state index in [1.54, 1.807) is 0 Å². The Hall–Kier alpha value is -1.77. The number of carbonyl (C=O) groups excluding carboxylic acids is 1. The van der Waals surface area contributed by atoms with Gasteiger partial charge in [0.05, 0.1) is 6.04 Å². The predicted molar refractivity (Wildman–Crippen MR) is 62.4 cm³/mol. The van der Waals surface area contributed by atoms with E-state index in [-0.39, 0.29) is 11.9 Å². The second-order valence-corrected chi connectivity index (χ2v) is 3.87. The second kappa shape index (κ2) is 4.84. The number of hydrogen-bond donors (Lipinski definition) is 1. The number of hydrogen-bond acceptors (Lipinski definition) is 2. The van der Waals surface area contributed by atoms with Gasteiger partial charge in [-0.2, -0.15) is 0 Å². The van der Waals surface area contributed by atoms with E-state index >= 15 is 0 Å². The van der Waals surface area contributed by atoms with Gasteiger partial charge < -0.3 is 10.1 Å². The second-order valence-electron chi connectivity index (χ2n) is 3.87. The van der Waals surface area contributed by atoms with Crippen LogP contribution in [0.3, 0.4) is 0 Å². The highest BCUT2D eigenvalue weighted by molar-refractivity contribution is 5.87. The lowest BCUT2D eigenvalue weighted by molar-refractivity contribution is -0.117. The van der Waals surface area contributed by atoms with Crippen LogP contribution in [0, 0.1) is 0 Å². The van der Waals surface area contributed by atoms with Crippen LogP contribution in [0.2, 0.25) is 0 Å². The first kappa shape index (κ1) is 10.7. The highest BCUT2D eigenvalue weighted by atomic mass is 16.5. The fourth-order valence-corrected chi connectivity index (χ4v) is 1.83. The van der Waals surface area contributed by atoms with Crippen LogP contribution in [-0.4, -0.2) is 18.6 Å². The van der Waals surface area contributed by atoms with E-state index in [2.05, 4.69) is 18.0 Å². The lowest BCUT2D eigenvalue weighted by atomic mass is 10.1. The number of carbonyl (C=O) groups is 1. The summed E-state index contributed by atoms with van der Waals surface area (Å²) in [5, 5.41) is 2.86. The number of rotatable bonds is 2. The van der Waals surface area contributed by atoms with Gasteiger partial charge in [-0.3, -0.25) is 4.79 Å². The number of amides is 1. The Morgan fingerprint density at radius 3 is 3.12 bits per heavy atom. The van der Waals surface area contributed by atoms with Gasteiger partial charge in [0.1, 0.15) is 12.4 Å². The molecule has 1 aliphatic heterocycles. The van der Waals surface area contributed by atoms with Crippen molar-refractivity contribution in [2.45, 2.75) is 18.9 Å². The van der Waals surface area contributed by atoms with Crippen molar-refractivity contribution < 1.29 is 9.53 Å². The molecular formula is C13H15NO2. The Morgan fingerprint density at radius 1 is 1.50 bits per heavy atom. The molecule has 1 aliphatic rings. The number of fused-ring (bicyclic) bond motifs is 1. The number of aryl methyl sites for hydroxylation is 1. The van der Waals surface area contributed by atoms with E-state index in [9.17, 15) is 4.79 Å². The summed E-state index contributed by atoms with van der Waals surface area (Å²) in [5.74, 6) is 0.789. The molecule has 0 aromatic heterocycles. The molecule has 0 saturated heterocycles. The molecule has 0 fully saturated rings. The van der Waals surface area contributed by atoms with Crippen molar-refractivity contribution in [3.63, 3.8) is 0 Å². The van der Waals surface area contributed by atoms with E-state index in [1.807, 2.05) is 18.2 Å². The molecule has 0 aliphatic carbocycles. The molecule has 1 N–H and O–H groups in total. The maximum absolute atomic E-state index is 11.2. The van der Waals surface area contributed by atoms with Crippen LogP contribution in [0.4, 0.5) is 0 Å². The molecule has 0 radical (unpaired) electrons. The maximum Gasteiger partial charge on any atom is 0.243 e. The Kier molecular flexibility index (Phi) is 3.25. The summed E-state index contributed by atoms with van der Waals surface area (Å²) in [6.07, 6.45) is 3.12. The molecule has 1 heterocycles. The normalized spacial score (nSPS) is 18.9. The van der Waals surface area contributed by atoms with Gasteiger partial charge in [-0.1, -0.05) is 24.8 Å². The summed E-state index contributed by atoms with van der Waals surface area (Å²) in [4.78, 5) is 11.2. The fourth-order valence-electron chi connectivity index (χ4n) is 1.83. The van der Waals surface area contributed by atoms with Gasteiger partial charge in [0, 0.05) is 0 Å². The van der Waals surface area contributed by atoms with E-state index in [1.165, 1.54) is 11.6 Å². The summed E-state index contributed by atoms with van der Waals surface area (Å²) >= 11 is 0. The first-order valence-electron chi connectivity index (χ1n) is 5.43. The Bertz CT molecular complexity index is 374. The van der Waals surface area contributed by atoms with Gasteiger partial charge in [-0.05, 0) is 30.5 Å². The van der Waals surface area contributed by atoms with Crippen LogP contribution >= 0.6 is 0 Å². The molecule has 0 bridgehead atoms. The van der Waals surface area contributed by atoms with E-state index in [0.29, 0.717) is 6.61 Å². The van der Waals surface area contributed by atoms with Gasteiger partial charge in [0.25, 0.3) is 0 Å². The van der Waals surface area contributed by atoms with Crippen LogP contribution in [0.1, 0.15) is 12.0 Å². The highest BCUT2D eigenvalue weighted by Crippen LogP contribution is 2.23. The van der Waals surface area contributed by atoms with E-state index in [0.717, 1.165) is 18.6 Å². The van der Waals surface area contributed by atoms with Crippen molar-refractivity contribution >= 4 is 5.91 Å². The zero-order valence-electron chi connectivity index (χ0n) is 9.11. The topological polar surface area (TPSA) is 38.3 Å². The molecular weight excluding hydrogens is 202 g/mol. The maximum atomic E-state index is 11.2. The number of nitrogens with one attached hydrogen (secondary N) is 1. The first-order valence-corrected chi connectivity index (χ1v) is 5.43. The van der Waals surface area contributed by atoms with Crippen molar-refractivity contribution in [1.82, 2.24) is 5.32 Å². The molecule has 84 valence electrons. The quantitative estimate of drug-likeness (QED) is 0.765. The third-order valence-corrected chi connectivity index (χ3v) is 2.71. The van der Waals surface area contributed by atoms with Gasteiger partial charge in [-0.15, -0.1) is 0 Å². The van der Waals surface area contributed by atoms with Crippen molar-refractivity contribution in [2.75, 3.05) is 6.61 Å². The molecule has 0 spiro atoms. The summed E-state index contributed by atoms with van der Waals surface area (Å²) < 4.78 is 5.66. The minimum atomic E-state index is -0.139. The van der Waals surface area contributed by atoms with Crippen LogP contribution in [0.15, 0.2) is 36.9 Å². The standard InChI is InChI=1S/C13H15NO2/c1-2-13(15)14-11-8-7-10-5-3-4-6-12(10)16-9-11/h2-6,11H,1,7-9H2,(H,14,15). The predicted octanol–water partition coefficient (Wildman–Crippen LogP) is 1.68. The minimum absolute atomic E-state index is 0.0675. The van der Waals surface area contributed by atoms with Gasteiger partial charge >= 0.3 is 0 Å². The van der Waals surface area contributed by atoms with Crippen LogP contribution in [0.5, 0.6) is 5.75 Å². The van der Waals surface area contributed by atoms with Crippen molar-refractivity contribution in [1.29, 1.82) is 0 Å². The Morgan fingerprint density at radius 2 is 2.31 bits per heavy atom. The number of para-hydroxylation sites is 1. The summed E-state index contributed by atoms with van der Waals surface area (Å²) in [6.45, 7) is 3.96. The third-order valence-electron chi connectivity index (χ3n) is 2.71.